The van der Waals surface area contributed by atoms with Gasteiger partial charge in [0.05, 0.1) is 12.3 Å². The number of hydrogen-bond donors (Lipinski definition) is 2. The Hall–Kier alpha value is -1.83. The molecule has 0 aliphatic carbocycles. The van der Waals surface area contributed by atoms with Crippen molar-refractivity contribution in [3.05, 3.63) is 0 Å². The average Bonchev–Trinajstić information content (AvgIpc) is 2.70. The maximum absolute atomic E-state index is 12.0. The molecule has 19 heavy (non-hydrogen) atoms. The van der Waals surface area contributed by atoms with Crippen molar-refractivity contribution in [1.29, 1.82) is 0 Å². The monoisotopic (exact) mass is 272 g/mol. The lowest BCUT2D eigenvalue weighted by atomic mass is 10.2. The van der Waals surface area contributed by atoms with Gasteiger partial charge in [-0.1, -0.05) is 5.16 Å². The summed E-state index contributed by atoms with van der Waals surface area (Å²) in [6, 6.07) is -0.728. The van der Waals surface area contributed by atoms with Gasteiger partial charge in [0.2, 0.25) is 0 Å². The number of nitrogens with one attached hydrogen (secondary N) is 1. The fourth-order valence-electron chi connectivity index (χ4n) is 1.74. The molecule has 8 nitrogen and oxygen atoms in total. The van der Waals surface area contributed by atoms with Crippen LogP contribution in [0.2, 0.25) is 0 Å². The number of oxime groups is 1. The topological polar surface area (TPSA) is 106 Å². The standard InChI is InChI=1S/C11H20N4O4/c1-11(2,3)19-10(17)15-6-7(14-18-4)5-8(15)9(16)13-12/h8H,5-6,12H2,1-4H3,(H,13,16)/b14-7-/t8-/m0/s1. The van der Waals surface area contributed by atoms with Crippen molar-refractivity contribution in [1.82, 2.24) is 10.3 Å². The van der Waals surface area contributed by atoms with Gasteiger partial charge in [-0.3, -0.25) is 15.1 Å². The average molecular weight is 272 g/mol. The van der Waals surface area contributed by atoms with E-state index in [2.05, 4.69) is 9.99 Å². The fourth-order valence-corrected chi connectivity index (χ4v) is 1.74. The summed E-state index contributed by atoms with van der Waals surface area (Å²) in [5.74, 6) is 4.65. The molecule has 2 amide bonds. The van der Waals surface area contributed by atoms with Crippen LogP contribution in [0.5, 0.6) is 0 Å². The van der Waals surface area contributed by atoms with Crippen LogP contribution in [0, 0.1) is 0 Å². The van der Waals surface area contributed by atoms with Crippen molar-refractivity contribution in [3.63, 3.8) is 0 Å². The molecule has 108 valence electrons. The second-order valence-corrected chi connectivity index (χ2v) is 5.18. The maximum atomic E-state index is 12.0. The molecular weight excluding hydrogens is 252 g/mol. The smallest absolute Gasteiger partial charge is 0.411 e. The van der Waals surface area contributed by atoms with Gasteiger partial charge in [0.1, 0.15) is 18.8 Å². The lowest BCUT2D eigenvalue weighted by molar-refractivity contribution is -0.125. The van der Waals surface area contributed by atoms with Crippen LogP contribution >= 0.6 is 0 Å². The number of amides is 2. The van der Waals surface area contributed by atoms with Gasteiger partial charge in [0, 0.05) is 6.42 Å². The van der Waals surface area contributed by atoms with Gasteiger partial charge in [0.15, 0.2) is 0 Å². The second-order valence-electron chi connectivity index (χ2n) is 5.18. The number of nitrogens with two attached hydrogens (primary N) is 1. The molecule has 1 heterocycles. The number of nitrogens with zero attached hydrogens (tertiary/aromatic N) is 2. The number of carbonyl (C=O) groups excluding carboxylic acids is 2. The van der Waals surface area contributed by atoms with Crippen molar-refractivity contribution in [3.8, 4) is 0 Å². The van der Waals surface area contributed by atoms with E-state index in [9.17, 15) is 9.59 Å². The number of rotatable bonds is 2. The van der Waals surface area contributed by atoms with E-state index in [0.29, 0.717) is 5.71 Å². The third-order valence-electron chi connectivity index (χ3n) is 2.45. The summed E-state index contributed by atoms with van der Waals surface area (Å²) in [6.07, 6.45) is -0.307. The summed E-state index contributed by atoms with van der Waals surface area (Å²) in [5.41, 5.74) is 1.98. The number of ether oxygens (including phenoxy) is 1. The third-order valence-corrected chi connectivity index (χ3v) is 2.45. The first-order valence-corrected chi connectivity index (χ1v) is 5.87. The summed E-state index contributed by atoms with van der Waals surface area (Å²) < 4.78 is 5.24. The maximum Gasteiger partial charge on any atom is 0.411 e. The Bertz CT molecular complexity index is 389. The predicted octanol–water partition coefficient (Wildman–Crippen LogP) is -0.0119. The number of carbonyl (C=O) groups is 2. The molecule has 0 saturated carbocycles. The number of hydrogen-bond acceptors (Lipinski definition) is 6. The van der Waals surface area contributed by atoms with Crippen LogP contribution in [0.15, 0.2) is 5.16 Å². The van der Waals surface area contributed by atoms with Crippen molar-refractivity contribution in [2.45, 2.75) is 38.8 Å². The van der Waals surface area contributed by atoms with Crippen LogP contribution in [0.4, 0.5) is 4.79 Å². The molecule has 1 saturated heterocycles. The fraction of sp³-hybridized carbons (Fsp3) is 0.727. The zero-order valence-corrected chi connectivity index (χ0v) is 11.6. The van der Waals surface area contributed by atoms with Crippen molar-refractivity contribution in [2.75, 3.05) is 13.7 Å². The first-order chi connectivity index (χ1) is 8.78. The molecule has 0 unspecified atom stereocenters. The highest BCUT2D eigenvalue weighted by Crippen LogP contribution is 2.20. The lowest BCUT2D eigenvalue weighted by Crippen LogP contribution is -2.49. The summed E-state index contributed by atoms with van der Waals surface area (Å²) >= 11 is 0. The molecule has 1 fully saturated rings. The highest BCUT2D eigenvalue weighted by molar-refractivity contribution is 5.99. The molecule has 0 bridgehead atoms. The van der Waals surface area contributed by atoms with E-state index in [1.54, 1.807) is 20.8 Å². The van der Waals surface area contributed by atoms with Gasteiger partial charge in [-0.05, 0) is 20.8 Å². The third kappa shape index (κ3) is 4.09. The van der Waals surface area contributed by atoms with Crippen molar-refractivity contribution >= 4 is 17.7 Å². The molecule has 0 aromatic rings. The van der Waals surface area contributed by atoms with Crippen LogP contribution < -0.4 is 11.3 Å². The molecule has 3 N–H and O–H groups in total. The first kappa shape index (κ1) is 15.2. The van der Waals surface area contributed by atoms with Crippen LogP contribution in [0.1, 0.15) is 27.2 Å². The van der Waals surface area contributed by atoms with Gasteiger partial charge >= 0.3 is 6.09 Å². The Morgan fingerprint density at radius 1 is 1.47 bits per heavy atom. The predicted molar refractivity (Wildman–Crippen MR) is 68.1 cm³/mol. The number of likely N-dealkylation sites (tertiary alicyclic amines) is 1. The van der Waals surface area contributed by atoms with E-state index >= 15 is 0 Å². The Kier molecular flexibility index (Phi) is 4.71. The Morgan fingerprint density at radius 2 is 2.11 bits per heavy atom. The summed E-state index contributed by atoms with van der Waals surface area (Å²) in [6.45, 7) is 5.44. The Balaban J connectivity index is 2.86. The quantitative estimate of drug-likeness (QED) is 0.417. The van der Waals surface area contributed by atoms with E-state index in [4.69, 9.17) is 10.6 Å². The molecule has 0 aromatic heterocycles. The minimum absolute atomic E-state index is 0.181. The Morgan fingerprint density at radius 3 is 2.58 bits per heavy atom. The van der Waals surface area contributed by atoms with Crippen LogP contribution in [0.25, 0.3) is 0 Å². The van der Waals surface area contributed by atoms with E-state index in [1.165, 1.54) is 12.0 Å². The van der Waals surface area contributed by atoms with E-state index < -0.39 is 23.6 Å². The SMILES string of the molecule is CO/N=C1/C[C@@H](C(=O)NN)N(C(=O)OC(C)(C)C)C1. The van der Waals surface area contributed by atoms with Crippen molar-refractivity contribution in [2.24, 2.45) is 11.0 Å². The molecule has 1 rings (SSSR count). The lowest BCUT2D eigenvalue weighted by Gasteiger charge is -2.27. The van der Waals surface area contributed by atoms with Gasteiger partial charge in [-0.2, -0.15) is 0 Å². The van der Waals surface area contributed by atoms with E-state index in [0.717, 1.165) is 0 Å². The molecular formula is C11H20N4O4. The number of hydrazine groups is 1. The summed E-state index contributed by atoms with van der Waals surface area (Å²) in [7, 11) is 1.40. The molecule has 0 radical (unpaired) electrons. The summed E-state index contributed by atoms with van der Waals surface area (Å²) in [5, 5.41) is 3.77. The van der Waals surface area contributed by atoms with Gasteiger partial charge in [-0.15, -0.1) is 0 Å². The van der Waals surface area contributed by atoms with E-state index in [1.807, 2.05) is 5.43 Å². The molecule has 1 atom stereocenters. The zero-order valence-electron chi connectivity index (χ0n) is 11.6. The normalized spacial score (nSPS) is 21.4. The first-order valence-electron chi connectivity index (χ1n) is 5.87. The van der Waals surface area contributed by atoms with Gasteiger partial charge in [0.25, 0.3) is 5.91 Å². The van der Waals surface area contributed by atoms with Gasteiger partial charge < -0.3 is 9.57 Å². The van der Waals surface area contributed by atoms with Crippen LogP contribution in [-0.4, -0.2) is 47.9 Å². The molecule has 1 aliphatic heterocycles. The molecule has 0 spiro atoms. The summed E-state index contributed by atoms with van der Waals surface area (Å²) in [4.78, 5) is 29.6. The Labute approximate surface area is 111 Å². The zero-order chi connectivity index (χ0) is 14.6. The molecule has 1 aliphatic rings. The van der Waals surface area contributed by atoms with Crippen LogP contribution in [0.3, 0.4) is 0 Å². The van der Waals surface area contributed by atoms with Gasteiger partial charge in [-0.25, -0.2) is 10.6 Å². The second kappa shape index (κ2) is 5.87. The minimum Gasteiger partial charge on any atom is -0.444 e. The largest absolute Gasteiger partial charge is 0.444 e. The highest BCUT2D eigenvalue weighted by Gasteiger charge is 2.39. The van der Waals surface area contributed by atoms with E-state index in [-0.39, 0.29) is 13.0 Å². The van der Waals surface area contributed by atoms with Crippen molar-refractivity contribution < 1.29 is 19.2 Å². The van der Waals surface area contributed by atoms with Crippen LogP contribution in [-0.2, 0) is 14.4 Å². The molecule has 8 heteroatoms. The minimum atomic E-state index is -0.728. The highest BCUT2D eigenvalue weighted by atomic mass is 16.6. The molecule has 0 aromatic carbocycles.